The average Bonchev–Trinajstić information content (AvgIpc) is 3.54. The summed E-state index contributed by atoms with van der Waals surface area (Å²) in [5, 5.41) is 9.22. The largest absolute Gasteiger partial charge is 0.496 e. The number of nitrogens with one attached hydrogen (secondary N) is 3. The van der Waals surface area contributed by atoms with Crippen molar-refractivity contribution in [3.63, 3.8) is 0 Å². The number of likely N-dealkylation sites (N-methyl/N-ethyl adjacent to an activating group) is 1. The molecule has 5 aliphatic rings. The molecule has 1 spiro atoms. The van der Waals surface area contributed by atoms with E-state index in [1.165, 1.54) is 14.2 Å². The molecule has 1 unspecified atom stereocenters. The fourth-order valence-corrected chi connectivity index (χ4v) is 10.3. The number of methoxy groups -OCH3 is 1. The van der Waals surface area contributed by atoms with Gasteiger partial charge in [0, 0.05) is 81.8 Å². The number of piperidine rings is 1. The Morgan fingerprint density at radius 2 is 1.68 bits per heavy atom. The number of aromatic nitrogens is 3. The van der Waals surface area contributed by atoms with Gasteiger partial charge in [0.1, 0.15) is 16.8 Å². The number of fused-ring (bicyclic) bond motifs is 2. The van der Waals surface area contributed by atoms with Crippen LogP contribution in [0, 0.1) is 11.3 Å². The number of ether oxygens (including phenoxy) is 2. The molecule has 2 aromatic heterocycles. The number of nitrogens with zero attached hydrogens (tertiary/aromatic N) is 7. The molecule has 65 heavy (non-hydrogen) atoms. The molecule has 2 aromatic carbocycles. The van der Waals surface area contributed by atoms with Crippen LogP contribution in [0.15, 0.2) is 47.4 Å². The fourth-order valence-electron chi connectivity index (χ4n) is 10.2. The monoisotopic (exact) mass is 908 g/mol. The summed E-state index contributed by atoms with van der Waals surface area (Å²) in [7, 11) is 2.97. The van der Waals surface area contributed by atoms with Crippen molar-refractivity contribution in [2.45, 2.75) is 64.5 Å². The number of rotatable bonds is 12. The van der Waals surface area contributed by atoms with E-state index in [2.05, 4.69) is 35.6 Å². The third kappa shape index (κ3) is 8.33. The van der Waals surface area contributed by atoms with Crippen LogP contribution in [0.5, 0.6) is 11.5 Å². The molecular weight excluding hydrogens is 856 g/mol. The maximum Gasteiger partial charge on any atom is 0.293 e. The number of pyridine rings is 1. The first-order valence-electron chi connectivity index (χ1n) is 22.2. The van der Waals surface area contributed by atoms with Gasteiger partial charge in [0.25, 0.3) is 23.3 Å². The van der Waals surface area contributed by atoms with E-state index in [9.17, 15) is 28.8 Å². The number of halogens is 1. The van der Waals surface area contributed by atoms with Crippen LogP contribution in [0.1, 0.15) is 79.1 Å². The smallest absolute Gasteiger partial charge is 0.293 e. The van der Waals surface area contributed by atoms with Crippen LogP contribution in [0.2, 0.25) is 5.02 Å². The number of anilines is 4. The molecule has 0 bridgehead atoms. The van der Waals surface area contributed by atoms with Crippen LogP contribution in [0.3, 0.4) is 0 Å². The molecule has 18 nitrogen and oxygen atoms in total. The first-order chi connectivity index (χ1) is 31.3. The summed E-state index contributed by atoms with van der Waals surface area (Å²) in [5.41, 5.74) is 2.39. The molecule has 5 amide bonds. The molecule has 9 rings (SSSR count). The molecule has 1 atom stereocenters. The molecule has 4 aliphatic heterocycles. The number of hydrogen-bond donors (Lipinski definition) is 3. The van der Waals surface area contributed by atoms with Crippen molar-refractivity contribution >= 4 is 75.2 Å². The van der Waals surface area contributed by atoms with Gasteiger partial charge in [0.2, 0.25) is 17.8 Å². The minimum Gasteiger partial charge on any atom is -0.496 e. The second-order valence-electron chi connectivity index (χ2n) is 18.1. The Morgan fingerprint density at radius 1 is 0.938 bits per heavy atom. The lowest BCUT2D eigenvalue weighted by atomic mass is 9.65. The Morgan fingerprint density at radius 3 is 2.37 bits per heavy atom. The zero-order valence-corrected chi connectivity index (χ0v) is 37.7. The number of hydrogen-bond acceptors (Lipinski definition) is 14. The standard InChI is InChI=1S/C46H53ClN10O8/c1-26(2)56-31-6-5-29(19-28(31)20-35(42(56)61)65-23-37(59)48-3)50-40-30(47)21-49-45(52-40)54-17-15-53(16-18-54)22-27-11-13-46(14-12-27)24-55(25-46)32-7-9-34(64-4)39-38(32)43(62)57(44(39)63)33-8-10-36(58)51-41(33)60/h5-7,9,19-21,26-27,33H,8,10-18,22-25H2,1-4H3,(H,48,59)(H,49,50,52)(H,51,58,60). The maximum absolute atomic E-state index is 13.9. The third-order valence-corrected chi connectivity index (χ3v) is 13.9. The second-order valence-corrected chi connectivity index (χ2v) is 18.5. The third-order valence-electron chi connectivity index (χ3n) is 13.6. The highest BCUT2D eigenvalue weighted by Gasteiger charge is 2.51. The maximum atomic E-state index is 13.9. The SMILES string of the molecule is CNC(=O)COc1cc2cc(Nc3nc(N4CCN(CC5CCC6(CC5)CN(c5ccc(OC)c7c5C(=O)N(C5CCC(=O)NC5=O)C7=O)C6)CC4)ncc3Cl)ccc2n(C(C)C)c1=O. The molecule has 4 aromatic rings. The molecule has 1 aliphatic carbocycles. The minimum absolute atomic E-state index is 0.0573. The number of piperazine rings is 1. The fraction of sp³-hybridized carbons (Fsp3) is 0.478. The van der Waals surface area contributed by atoms with Gasteiger partial charge >= 0.3 is 0 Å². The highest BCUT2D eigenvalue weighted by Crippen LogP contribution is 2.50. The number of imide groups is 2. The van der Waals surface area contributed by atoms with E-state index in [-0.39, 0.29) is 59.2 Å². The van der Waals surface area contributed by atoms with Crippen molar-refractivity contribution in [1.82, 2.24) is 35.0 Å². The van der Waals surface area contributed by atoms with Crippen molar-refractivity contribution in [2.24, 2.45) is 11.3 Å². The topological polar surface area (TPSA) is 201 Å². The quantitative estimate of drug-likeness (QED) is 0.172. The molecular formula is C46H53ClN10O8. The van der Waals surface area contributed by atoms with Crippen molar-refractivity contribution in [1.29, 1.82) is 0 Å². The molecule has 0 radical (unpaired) electrons. The first-order valence-corrected chi connectivity index (χ1v) is 22.6. The van der Waals surface area contributed by atoms with Crippen LogP contribution in [-0.4, -0.2) is 126 Å². The lowest BCUT2D eigenvalue weighted by Gasteiger charge is -2.55. The lowest BCUT2D eigenvalue weighted by Crippen LogP contribution is -2.58. The molecule has 1 saturated carbocycles. The molecule has 19 heteroatoms. The Balaban J connectivity index is 0.788. The summed E-state index contributed by atoms with van der Waals surface area (Å²) >= 11 is 6.62. The van der Waals surface area contributed by atoms with Crippen molar-refractivity contribution in [3.05, 3.63) is 69.1 Å². The molecule has 3 N–H and O–H groups in total. The summed E-state index contributed by atoms with van der Waals surface area (Å²) in [5.74, 6) is -0.486. The van der Waals surface area contributed by atoms with Gasteiger partial charge in [-0.05, 0) is 88.3 Å². The van der Waals surface area contributed by atoms with E-state index in [1.807, 2.05) is 38.1 Å². The summed E-state index contributed by atoms with van der Waals surface area (Å²) in [6, 6.07) is 9.64. The van der Waals surface area contributed by atoms with Crippen molar-refractivity contribution in [3.8, 4) is 11.5 Å². The zero-order chi connectivity index (χ0) is 45.7. The van der Waals surface area contributed by atoms with Crippen LogP contribution in [0.25, 0.3) is 10.9 Å². The summed E-state index contributed by atoms with van der Waals surface area (Å²) < 4.78 is 12.8. The minimum atomic E-state index is -1.04. The normalized spacial score (nSPS) is 20.0. The number of benzene rings is 2. The van der Waals surface area contributed by atoms with E-state index < -0.39 is 29.7 Å². The Bertz CT molecular complexity index is 2650. The van der Waals surface area contributed by atoms with E-state index in [4.69, 9.17) is 26.1 Å². The zero-order valence-electron chi connectivity index (χ0n) is 36.9. The van der Waals surface area contributed by atoms with Crippen molar-refractivity contribution in [2.75, 3.05) is 81.7 Å². The predicted octanol–water partition coefficient (Wildman–Crippen LogP) is 4.12. The van der Waals surface area contributed by atoms with Crippen molar-refractivity contribution < 1.29 is 33.4 Å². The molecule has 3 saturated heterocycles. The summed E-state index contributed by atoms with van der Waals surface area (Å²) in [4.78, 5) is 94.5. The van der Waals surface area contributed by atoms with E-state index >= 15 is 0 Å². The Kier molecular flexibility index (Phi) is 11.9. The average molecular weight is 909 g/mol. The second kappa shape index (κ2) is 17.6. The van der Waals surface area contributed by atoms with Gasteiger partial charge < -0.3 is 34.5 Å². The van der Waals surface area contributed by atoms with E-state index in [0.717, 1.165) is 87.3 Å². The molecule has 6 heterocycles. The number of carbonyl (C=O) groups excluding carboxylic acids is 5. The van der Waals surface area contributed by atoms with Gasteiger partial charge in [-0.3, -0.25) is 43.9 Å². The van der Waals surface area contributed by atoms with Gasteiger partial charge in [-0.2, -0.15) is 4.98 Å². The Labute approximate surface area is 380 Å². The number of carbonyl (C=O) groups is 5. The predicted molar refractivity (Wildman–Crippen MR) is 243 cm³/mol. The Hall–Kier alpha value is -6.27. The van der Waals surface area contributed by atoms with E-state index in [1.54, 1.807) is 22.9 Å². The van der Waals surface area contributed by atoms with Crippen LogP contribution in [0.4, 0.5) is 23.1 Å². The molecule has 342 valence electrons. The summed E-state index contributed by atoms with van der Waals surface area (Å²) in [6.45, 7) is 9.44. The highest BCUT2D eigenvalue weighted by atomic mass is 35.5. The number of amides is 5. The summed E-state index contributed by atoms with van der Waals surface area (Å²) in [6.07, 6.45) is 6.14. The van der Waals surface area contributed by atoms with Gasteiger partial charge in [0.15, 0.2) is 18.2 Å². The lowest BCUT2D eigenvalue weighted by molar-refractivity contribution is -0.136. The van der Waals surface area contributed by atoms with Gasteiger partial charge in [-0.25, -0.2) is 4.98 Å². The van der Waals surface area contributed by atoms with Crippen LogP contribution >= 0.6 is 11.6 Å². The first kappa shape index (κ1) is 44.0. The van der Waals surface area contributed by atoms with Crippen LogP contribution in [-0.2, 0) is 14.4 Å². The van der Waals surface area contributed by atoms with Crippen LogP contribution < -0.4 is 40.8 Å². The van der Waals surface area contributed by atoms with E-state index in [0.29, 0.717) is 39.8 Å². The highest BCUT2D eigenvalue weighted by molar-refractivity contribution is 6.33. The van der Waals surface area contributed by atoms with Gasteiger partial charge in [0.05, 0.1) is 35.6 Å². The van der Waals surface area contributed by atoms with Gasteiger partial charge in [-0.1, -0.05) is 11.6 Å². The molecule has 4 fully saturated rings. The van der Waals surface area contributed by atoms with Gasteiger partial charge in [-0.15, -0.1) is 0 Å².